The van der Waals surface area contributed by atoms with Crippen molar-refractivity contribution in [3.05, 3.63) is 56.0 Å². The van der Waals surface area contributed by atoms with Crippen molar-refractivity contribution in [2.45, 2.75) is 40.0 Å². The number of hydrogen-bond acceptors (Lipinski definition) is 6. The van der Waals surface area contributed by atoms with Gasteiger partial charge in [0.05, 0.1) is 18.2 Å². The summed E-state index contributed by atoms with van der Waals surface area (Å²) < 4.78 is 17.4. The van der Waals surface area contributed by atoms with E-state index in [1.165, 1.54) is 13.2 Å². The largest absolute Gasteiger partial charge is 0.493 e. The molecule has 0 unspecified atom stereocenters. The van der Waals surface area contributed by atoms with Crippen molar-refractivity contribution in [1.82, 2.24) is 5.32 Å². The van der Waals surface area contributed by atoms with Gasteiger partial charge in [0.2, 0.25) is 0 Å². The summed E-state index contributed by atoms with van der Waals surface area (Å²) >= 11 is 9.73. The first-order valence-corrected chi connectivity index (χ1v) is 12.3. The molecular formula is C26H28BrClN2O5. The Morgan fingerprint density at radius 3 is 2.60 bits per heavy atom. The summed E-state index contributed by atoms with van der Waals surface area (Å²) in [5, 5.41) is 12.6. The zero-order valence-electron chi connectivity index (χ0n) is 20.2. The number of benzene rings is 2. The van der Waals surface area contributed by atoms with Gasteiger partial charge in [-0.25, -0.2) is 0 Å². The van der Waals surface area contributed by atoms with E-state index in [9.17, 15) is 14.9 Å². The third-order valence-corrected chi connectivity index (χ3v) is 6.54. The number of nitrogens with zero attached hydrogens (tertiary/aromatic N) is 1. The summed E-state index contributed by atoms with van der Waals surface area (Å²) in [5.41, 5.74) is 2.35. The molecule has 0 spiro atoms. The van der Waals surface area contributed by atoms with E-state index in [4.69, 9.17) is 25.8 Å². The molecule has 0 radical (unpaired) electrons. The van der Waals surface area contributed by atoms with Crippen LogP contribution in [0.15, 0.2) is 34.3 Å². The standard InChI is InChI=1S/C26H28BrClN2O5/c1-5-10-30-26(32)19(15-29)13-18-8-9-20(21(14-18)33-4)35-23(31)7-6-11-34-22-12-16(2)25(28)17(3)24(22)27/h8-9,12-14H,5-7,10-11H2,1-4H3,(H,30,32)/b19-13+. The average molecular weight is 564 g/mol. The molecule has 2 aromatic carbocycles. The lowest BCUT2D eigenvalue weighted by molar-refractivity contribution is -0.134. The van der Waals surface area contributed by atoms with Crippen molar-refractivity contribution >= 4 is 45.5 Å². The van der Waals surface area contributed by atoms with Crippen molar-refractivity contribution in [1.29, 1.82) is 5.26 Å². The van der Waals surface area contributed by atoms with Gasteiger partial charge in [-0.1, -0.05) is 24.6 Å². The lowest BCUT2D eigenvalue weighted by Gasteiger charge is -2.13. The van der Waals surface area contributed by atoms with Crippen LogP contribution < -0.4 is 19.5 Å². The van der Waals surface area contributed by atoms with Crippen LogP contribution in [0.2, 0.25) is 5.02 Å². The normalized spacial score (nSPS) is 10.9. The smallest absolute Gasteiger partial charge is 0.311 e. The number of hydrogen-bond donors (Lipinski definition) is 1. The molecule has 0 heterocycles. The van der Waals surface area contributed by atoms with Gasteiger partial charge >= 0.3 is 5.97 Å². The summed E-state index contributed by atoms with van der Waals surface area (Å²) in [6.07, 6.45) is 2.81. The monoisotopic (exact) mass is 562 g/mol. The highest BCUT2D eigenvalue weighted by Gasteiger charge is 2.14. The molecule has 0 saturated heterocycles. The second-order valence-electron chi connectivity index (χ2n) is 7.71. The van der Waals surface area contributed by atoms with Crippen LogP contribution in [0.25, 0.3) is 6.08 Å². The summed E-state index contributed by atoms with van der Waals surface area (Å²) in [7, 11) is 1.45. The molecule has 0 aromatic heterocycles. The molecule has 0 aliphatic heterocycles. The predicted molar refractivity (Wildman–Crippen MR) is 139 cm³/mol. The number of nitrogens with one attached hydrogen (secondary N) is 1. The summed E-state index contributed by atoms with van der Waals surface area (Å²) in [4.78, 5) is 24.4. The average Bonchev–Trinajstić information content (AvgIpc) is 2.85. The molecule has 7 nitrogen and oxygen atoms in total. The maximum absolute atomic E-state index is 12.3. The van der Waals surface area contributed by atoms with E-state index in [-0.39, 0.29) is 17.7 Å². The minimum Gasteiger partial charge on any atom is -0.493 e. The second-order valence-corrected chi connectivity index (χ2v) is 8.88. The molecule has 0 bridgehead atoms. The molecule has 35 heavy (non-hydrogen) atoms. The highest BCUT2D eigenvalue weighted by Crippen LogP contribution is 2.36. The van der Waals surface area contributed by atoms with Gasteiger partial charge in [-0.15, -0.1) is 0 Å². The topological polar surface area (TPSA) is 97.7 Å². The van der Waals surface area contributed by atoms with Crippen LogP contribution in [0.3, 0.4) is 0 Å². The summed E-state index contributed by atoms with van der Waals surface area (Å²) in [6, 6.07) is 8.55. The third-order valence-electron chi connectivity index (χ3n) is 4.97. The van der Waals surface area contributed by atoms with E-state index in [2.05, 4.69) is 21.2 Å². The van der Waals surface area contributed by atoms with Crippen LogP contribution >= 0.6 is 27.5 Å². The molecule has 0 fully saturated rings. The maximum Gasteiger partial charge on any atom is 0.311 e. The number of aryl methyl sites for hydroxylation is 1. The zero-order valence-corrected chi connectivity index (χ0v) is 22.5. The molecule has 2 aromatic rings. The van der Waals surface area contributed by atoms with E-state index in [1.54, 1.807) is 18.2 Å². The van der Waals surface area contributed by atoms with Crippen LogP contribution in [-0.2, 0) is 9.59 Å². The van der Waals surface area contributed by atoms with Crippen LogP contribution in [0.5, 0.6) is 17.2 Å². The summed E-state index contributed by atoms with van der Waals surface area (Å²) in [6.45, 7) is 6.54. The van der Waals surface area contributed by atoms with Crippen LogP contribution in [0.4, 0.5) is 0 Å². The number of rotatable bonds is 11. The fourth-order valence-electron chi connectivity index (χ4n) is 3.08. The van der Waals surface area contributed by atoms with Crippen molar-refractivity contribution in [3.63, 3.8) is 0 Å². The molecule has 0 aliphatic rings. The van der Waals surface area contributed by atoms with Gasteiger partial charge in [-0.3, -0.25) is 9.59 Å². The highest BCUT2D eigenvalue weighted by molar-refractivity contribution is 9.10. The van der Waals surface area contributed by atoms with Gasteiger partial charge in [-0.05, 0) is 83.6 Å². The fourth-order valence-corrected chi connectivity index (χ4v) is 3.78. The molecular weight excluding hydrogens is 536 g/mol. The lowest BCUT2D eigenvalue weighted by atomic mass is 10.1. The zero-order chi connectivity index (χ0) is 26.0. The molecule has 0 atom stereocenters. The van der Waals surface area contributed by atoms with E-state index < -0.39 is 11.9 Å². The Morgan fingerprint density at radius 1 is 1.20 bits per heavy atom. The number of ether oxygens (including phenoxy) is 3. The number of carbonyl (C=O) groups is 2. The Labute approximate surface area is 219 Å². The fraction of sp³-hybridized carbons (Fsp3) is 0.346. The maximum atomic E-state index is 12.3. The van der Waals surface area contributed by atoms with Crippen LogP contribution in [-0.4, -0.2) is 32.1 Å². The second kappa shape index (κ2) is 13.8. The van der Waals surface area contributed by atoms with Gasteiger partial charge in [0.15, 0.2) is 11.5 Å². The first kappa shape index (κ1) is 28.2. The molecule has 186 valence electrons. The van der Waals surface area contributed by atoms with Crippen molar-refractivity contribution < 1.29 is 23.8 Å². The molecule has 0 saturated carbocycles. The predicted octanol–water partition coefficient (Wildman–Crippen LogP) is 5.93. The Morgan fingerprint density at radius 2 is 1.94 bits per heavy atom. The molecule has 9 heteroatoms. The number of carbonyl (C=O) groups excluding carboxylic acids is 2. The van der Waals surface area contributed by atoms with Crippen LogP contribution in [0.1, 0.15) is 42.9 Å². The molecule has 1 N–H and O–H groups in total. The van der Waals surface area contributed by atoms with Gasteiger partial charge in [0.1, 0.15) is 17.4 Å². The number of amides is 1. The number of esters is 1. The van der Waals surface area contributed by atoms with E-state index in [1.807, 2.05) is 32.9 Å². The first-order valence-electron chi connectivity index (χ1n) is 11.1. The van der Waals surface area contributed by atoms with E-state index in [0.29, 0.717) is 41.7 Å². The number of methoxy groups -OCH3 is 1. The molecule has 0 aliphatic carbocycles. The minimum atomic E-state index is -0.443. The third kappa shape index (κ3) is 8.01. The van der Waals surface area contributed by atoms with Gasteiger partial charge in [0.25, 0.3) is 5.91 Å². The van der Waals surface area contributed by atoms with Crippen molar-refractivity contribution in [2.24, 2.45) is 0 Å². The van der Waals surface area contributed by atoms with Crippen molar-refractivity contribution in [2.75, 3.05) is 20.3 Å². The quantitative estimate of drug-likeness (QED) is 0.120. The van der Waals surface area contributed by atoms with Crippen LogP contribution in [0, 0.1) is 25.2 Å². The Hall–Kier alpha value is -3.02. The Kier molecular flexibility index (Phi) is 11.1. The minimum absolute atomic E-state index is 0.0250. The lowest BCUT2D eigenvalue weighted by Crippen LogP contribution is -2.25. The first-order chi connectivity index (χ1) is 16.7. The van der Waals surface area contributed by atoms with Gasteiger partial charge in [0, 0.05) is 18.0 Å². The Bertz CT molecular complexity index is 1160. The Balaban J connectivity index is 1.97. The van der Waals surface area contributed by atoms with E-state index in [0.717, 1.165) is 22.0 Å². The number of halogens is 2. The number of nitriles is 1. The molecule has 1 amide bonds. The SMILES string of the molecule is CCCNC(=O)/C(C#N)=C/c1ccc(OC(=O)CCCOc2cc(C)c(Cl)c(C)c2Br)c(OC)c1. The van der Waals surface area contributed by atoms with E-state index >= 15 is 0 Å². The highest BCUT2D eigenvalue weighted by atomic mass is 79.9. The van der Waals surface area contributed by atoms with Gasteiger partial charge < -0.3 is 19.5 Å². The van der Waals surface area contributed by atoms with Crippen molar-refractivity contribution in [3.8, 4) is 23.3 Å². The van der Waals surface area contributed by atoms with Gasteiger partial charge in [-0.2, -0.15) is 5.26 Å². The molecule has 2 rings (SSSR count). The summed E-state index contributed by atoms with van der Waals surface area (Å²) in [5.74, 6) is 0.349.